The van der Waals surface area contributed by atoms with E-state index >= 15 is 0 Å². The number of benzene rings is 2. The third-order valence-corrected chi connectivity index (χ3v) is 6.84. The Hall–Kier alpha value is -3.46. The summed E-state index contributed by atoms with van der Waals surface area (Å²) in [6.07, 6.45) is -0.230. The van der Waals surface area contributed by atoms with Crippen molar-refractivity contribution < 1.29 is 9.59 Å². The van der Waals surface area contributed by atoms with Gasteiger partial charge in [0.05, 0.1) is 32.6 Å². The summed E-state index contributed by atoms with van der Waals surface area (Å²) in [4.78, 5) is 34.1. The van der Waals surface area contributed by atoms with Crippen molar-refractivity contribution in [3.05, 3.63) is 58.5 Å². The molecule has 0 bridgehead atoms. The highest BCUT2D eigenvalue weighted by molar-refractivity contribution is 7.19. The van der Waals surface area contributed by atoms with Crippen LogP contribution in [-0.4, -0.2) is 21.5 Å². The van der Waals surface area contributed by atoms with Gasteiger partial charge in [-0.3, -0.25) is 9.59 Å². The van der Waals surface area contributed by atoms with Crippen molar-refractivity contribution in [2.45, 2.75) is 24.7 Å². The normalized spacial score (nSPS) is 12.9. The number of ketones is 2. The fourth-order valence-electron chi connectivity index (χ4n) is 3.09. The number of carbonyl (C=O) groups is 2. The lowest BCUT2D eigenvalue weighted by molar-refractivity contribution is -0.124. The molecule has 0 radical (unpaired) electrons. The largest absolute Gasteiger partial charge is 0.298 e. The van der Waals surface area contributed by atoms with Crippen LogP contribution in [0.3, 0.4) is 0 Å². The number of carbonyl (C=O) groups excluding carboxylic acids is 2. The van der Waals surface area contributed by atoms with Gasteiger partial charge in [0.2, 0.25) is 0 Å². The average Bonchev–Trinajstić information content (AvgIpc) is 3.37. The molecular weight excluding hydrogens is 416 g/mol. The minimum Gasteiger partial charge on any atom is -0.298 e. The summed E-state index contributed by atoms with van der Waals surface area (Å²) in [5.74, 6) is -2.77. The van der Waals surface area contributed by atoms with E-state index in [9.17, 15) is 20.1 Å². The van der Waals surface area contributed by atoms with Gasteiger partial charge in [-0.1, -0.05) is 24.3 Å². The molecule has 0 unspecified atom stereocenters. The van der Waals surface area contributed by atoms with Crippen molar-refractivity contribution in [1.82, 2.24) is 9.97 Å². The van der Waals surface area contributed by atoms with E-state index in [0.29, 0.717) is 10.0 Å². The predicted octanol–water partition coefficient (Wildman–Crippen LogP) is 4.74. The van der Waals surface area contributed by atoms with Gasteiger partial charge >= 0.3 is 0 Å². The molecule has 0 aliphatic heterocycles. The predicted molar refractivity (Wildman–Crippen MR) is 115 cm³/mol. The minimum absolute atomic E-state index is 0.115. The Morgan fingerprint density at radius 1 is 0.767 bits per heavy atom. The monoisotopic (exact) mass is 430 g/mol. The molecule has 2 atom stereocenters. The summed E-state index contributed by atoms with van der Waals surface area (Å²) in [6, 6.07) is 18.9. The van der Waals surface area contributed by atoms with E-state index < -0.39 is 11.8 Å². The smallest absolute Gasteiger partial charge is 0.157 e. The van der Waals surface area contributed by atoms with E-state index in [2.05, 4.69) is 9.97 Å². The molecule has 0 fully saturated rings. The number of nitrogens with zero attached hydrogens (tertiary/aromatic N) is 4. The zero-order valence-electron chi connectivity index (χ0n) is 15.6. The van der Waals surface area contributed by atoms with Gasteiger partial charge in [0.25, 0.3) is 0 Å². The topological polar surface area (TPSA) is 108 Å². The third kappa shape index (κ3) is 3.84. The number of aromatic nitrogens is 2. The number of nitriles is 2. The average molecular weight is 431 g/mol. The summed E-state index contributed by atoms with van der Waals surface area (Å²) < 4.78 is 1.80. The first-order valence-corrected chi connectivity index (χ1v) is 10.8. The van der Waals surface area contributed by atoms with E-state index in [1.165, 1.54) is 22.7 Å². The molecule has 30 heavy (non-hydrogen) atoms. The number of thiazole rings is 2. The molecule has 0 aliphatic carbocycles. The molecule has 0 spiro atoms. The Labute approximate surface area is 180 Å². The van der Waals surface area contributed by atoms with Gasteiger partial charge in [-0.15, -0.1) is 22.7 Å². The van der Waals surface area contributed by atoms with Gasteiger partial charge in [-0.25, -0.2) is 9.97 Å². The molecule has 0 saturated heterocycles. The fourth-order valence-corrected chi connectivity index (χ4v) is 5.16. The number of hydrogen-bond acceptors (Lipinski definition) is 8. The Morgan fingerprint density at radius 3 is 1.53 bits per heavy atom. The van der Waals surface area contributed by atoms with E-state index in [1.807, 2.05) is 60.7 Å². The Balaban J connectivity index is 1.46. The number of Topliss-reactive ketones (excluding diaryl/α,β-unsaturated/α-hetero) is 2. The molecule has 0 saturated carbocycles. The summed E-state index contributed by atoms with van der Waals surface area (Å²) in [5, 5.41) is 19.9. The molecule has 0 N–H and O–H groups in total. The van der Waals surface area contributed by atoms with Crippen LogP contribution in [-0.2, 0) is 9.59 Å². The SMILES string of the molecule is N#C[C@H](C(=O)CCC(=O)[C@H](C#N)c1nc2ccccc2s1)c1nc2ccccc2s1. The summed E-state index contributed by atoms with van der Waals surface area (Å²) in [6.45, 7) is 0. The first-order valence-electron chi connectivity index (χ1n) is 9.16. The van der Waals surface area contributed by atoms with Gasteiger partial charge < -0.3 is 0 Å². The highest BCUT2D eigenvalue weighted by Crippen LogP contribution is 2.31. The van der Waals surface area contributed by atoms with Crippen LogP contribution in [0.1, 0.15) is 34.7 Å². The van der Waals surface area contributed by atoms with E-state index in [0.717, 1.165) is 20.4 Å². The second-order valence-electron chi connectivity index (χ2n) is 6.60. The van der Waals surface area contributed by atoms with Gasteiger partial charge in [0, 0.05) is 12.8 Å². The zero-order valence-corrected chi connectivity index (χ0v) is 17.2. The quantitative estimate of drug-likeness (QED) is 0.419. The van der Waals surface area contributed by atoms with Crippen LogP contribution in [0.4, 0.5) is 0 Å². The fraction of sp³-hybridized carbons (Fsp3) is 0.182. The van der Waals surface area contributed by atoms with Crippen LogP contribution in [0.2, 0.25) is 0 Å². The molecule has 0 aliphatic rings. The van der Waals surface area contributed by atoms with Gasteiger partial charge in [-0.05, 0) is 24.3 Å². The van der Waals surface area contributed by atoms with Crippen LogP contribution in [0, 0.1) is 22.7 Å². The molecule has 4 aromatic rings. The number of rotatable bonds is 7. The Bertz CT molecular complexity index is 1170. The lowest BCUT2D eigenvalue weighted by Crippen LogP contribution is -2.16. The lowest BCUT2D eigenvalue weighted by atomic mass is 9.97. The molecule has 2 aromatic carbocycles. The number of para-hydroxylation sites is 2. The van der Waals surface area contributed by atoms with Gasteiger partial charge in [0.15, 0.2) is 23.4 Å². The lowest BCUT2D eigenvalue weighted by Gasteiger charge is -2.07. The zero-order chi connectivity index (χ0) is 21.1. The third-order valence-electron chi connectivity index (χ3n) is 4.63. The van der Waals surface area contributed by atoms with Crippen LogP contribution in [0.5, 0.6) is 0 Å². The molecule has 0 amide bonds. The van der Waals surface area contributed by atoms with Crippen molar-refractivity contribution >= 4 is 54.7 Å². The maximum Gasteiger partial charge on any atom is 0.157 e. The Kier molecular flexibility index (Phi) is 5.62. The molecule has 2 heterocycles. The summed E-state index contributed by atoms with van der Waals surface area (Å²) >= 11 is 2.61. The van der Waals surface area contributed by atoms with E-state index in [1.54, 1.807) is 0 Å². The minimum atomic E-state index is -1.02. The first kappa shape index (κ1) is 19.8. The molecule has 2 aromatic heterocycles. The van der Waals surface area contributed by atoms with Crippen molar-refractivity contribution in [2.24, 2.45) is 0 Å². The molecule has 146 valence electrons. The molecular formula is C22H14N4O2S2. The Morgan fingerprint density at radius 2 is 1.17 bits per heavy atom. The number of fused-ring (bicyclic) bond motifs is 2. The van der Waals surface area contributed by atoms with Crippen molar-refractivity contribution in [1.29, 1.82) is 10.5 Å². The molecule has 6 nitrogen and oxygen atoms in total. The number of hydrogen-bond donors (Lipinski definition) is 0. The van der Waals surface area contributed by atoms with Crippen LogP contribution < -0.4 is 0 Å². The van der Waals surface area contributed by atoms with Gasteiger partial charge in [0.1, 0.15) is 10.0 Å². The highest BCUT2D eigenvalue weighted by Gasteiger charge is 2.28. The second-order valence-corrected chi connectivity index (χ2v) is 8.72. The summed E-state index contributed by atoms with van der Waals surface area (Å²) in [5.41, 5.74) is 1.48. The van der Waals surface area contributed by atoms with Gasteiger partial charge in [-0.2, -0.15) is 10.5 Å². The molecule has 8 heteroatoms. The van der Waals surface area contributed by atoms with Crippen LogP contribution >= 0.6 is 22.7 Å². The summed E-state index contributed by atoms with van der Waals surface area (Å²) in [7, 11) is 0. The standard InChI is InChI=1S/C22H14N4O2S2/c23-11-13(21-25-15-5-1-3-7-19(15)29-21)17(27)9-10-18(28)14(12-24)22-26-16-6-2-4-8-20(16)30-22/h1-8,13-14H,9-10H2/t13-,14+. The maximum absolute atomic E-state index is 12.6. The van der Waals surface area contributed by atoms with E-state index in [4.69, 9.17) is 0 Å². The van der Waals surface area contributed by atoms with Crippen molar-refractivity contribution in [3.63, 3.8) is 0 Å². The van der Waals surface area contributed by atoms with Crippen LogP contribution in [0.25, 0.3) is 20.4 Å². The van der Waals surface area contributed by atoms with Crippen molar-refractivity contribution in [2.75, 3.05) is 0 Å². The van der Waals surface area contributed by atoms with Crippen molar-refractivity contribution in [3.8, 4) is 12.1 Å². The first-order chi connectivity index (χ1) is 14.6. The van der Waals surface area contributed by atoms with E-state index in [-0.39, 0.29) is 24.4 Å². The molecule has 4 rings (SSSR count). The second kappa shape index (κ2) is 8.50. The van der Waals surface area contributed by atoms with Crippen LogP contribution in [0.15, 0.2) is 48.5 Å². The highest BCUT2D eigenvalue weighted by atomic mass is 32.1. The maximum atomic E-state index is 12.6.